The molecule has 1 heterocycles. The molecule has 0 spiro atoms. The summed E-state index contributed by atoms with van der Waals surface area (Å²) in [6, 6.07) is 5.30. The number of hydrogen-bond acceptors (Lipinski definition) is 3. The maximum absolute atomic E-state index is 9.13. The number of hydrogen-bond donors (Lipinski definition) is 2. The number of nitrogens with two attached hydrogens (primary N) is 1. The molecule has 0 radical (unpaired) electrons. The van der Waals surface area contributed by atoms with E-state index in [0.29, 0.717) is 0 Å². The van der Waals surface area contributed by atoms with E-state index in [4.69, 9.17) is 10.9 Å². The lowest BCUT2D eigenvalue weighted by Gasteiger charge is -2.10. The highest BCUT2D eigenvalue weighted by molar-refractivity contribution is 5.59. The smallest absolute Gasteiger partial charge is 0.117 e. The Morgan fingerprint density at radius 2 is 2.27 bits per heavy atom. The highest BCUT2D eigenvalue weighted by atomic mass is 16.3. The van der Waals surface area contributed by atoms with Crippen LogP contribution in [0.5, 0.6) is 5.75 Å². The summed E-state index contributed by atoms with van der Waals surface area (Å²) < 4.78 is 0. The van der Waals surface area contributed by atoms with Crippen molar-refractivity contribution in [2.24, 2.45) is 5.84 Å². The molecule has 3 N–H and O–H groups in total. The van der Waals surface area contributed by atoms with Crippen LogP contribution in [0.3, 0.4) is 0 Å². The third kappa shape index (κ3) is 0.935. The van der Waals surface area contributed by atoms with Gasteiger partial charge in [0, 0.05) is 12.6 Å². The van der Waals surface area contributed by atoms with Gasteiger partial charge in [0.1, 0.15) is 5.75 Å². The molecule has 1 aliphatic heterocycles. The first-order chi connectivity index (χ1) is 5.27. The summed E-state index contributed by atoms with van der Waals surface area (Å²) in [7, 11) is 0. The topological polar surface area (TPSA) is 49.5 Å². The molecule has 0 fully saturated rings. The van der Waals surface area contributed by atoms with E-state index in [2.05, 4.69) is 0 Å². The lowest BCUT2D eigenvalue weighted by Crippen LogP contribution is -2.27. The van der Waals surface area contributed by atoms with Crippen LogP contribution in [0, 0.1) is 0 Å². The first-order valence-electron chi connectivity index (χ1n) is 3.61. The molecule has 2 rings (SSSR count). The minimum absolute atomic E-state index is 0.279. The number of anilines is 1. The number of phenolic OH excluding ortho intramolecular Hbond substituents is 1. The Morgan fingerprint density at radius 1 is 1.45 bits per heavy atom. The number of aromatic hydroxyl groups is 1. The van der Waals surface area contributed by atoms with Gasteiger partial charge in [-0.3, -0.25) is 0 Å². The van der Waals surface area contributed by atoms with Gasteiger partial charge in [0.05, 0.1) is 5.69 Å². The largest absolute Gasteiger partial charge is 0.508 e. The molecule has 11 heavy (non-hydrogen) atoms. The van der Waals surface area contributed by atoms with E-state index >= 15 is 0 Å². The van der Waals surface area contributed by atoms with Crippen molar-refractivity contribution < 1.29 is 5.11 Å². The Bertz CT molecular complexity index is 285. The molecule has 3 nitrogen and oxygen atoms in total. The molecule has 0 unspecified atom stereocenters. The molecule has 0 aromatic heterocycles. The molecule has 3 heteroatoms. The van der Waals surface area contributed by atoms with Crippen molar-refractivity contribution in [3.05, 3.63) is 23.8 Å². The highest BCUT2D eigenvalue weighted by Gasteiger charge is 2.15. The maximum atomic E-state index is 9.13. The number of rotatable bonds is 0. The molecular weight excluding hydrogens is 140 g/mol. The van der Waals surface area contributed by atoms with Gasteiger partial charge in [0.2, 0.25) is 0 Å². The van der Waals surface area contributed by atoms with E-state index in [-0.39, 0.29) is 5.75 Å². The predicted octanol–water partition coefficient (Wildman–Crippen LogP) is 0.628. The van der Waals surface area contributed by atoms with Crippen molar-refractivity contribution in [2.45, 2.75) is 6.42 Å². The van der Waals surface area contributed by atoms with Crippen LogP contribution in [0.15, 0.2) is 18.2 Å². The summed E-state index contributed by atoms with van der Waals surface area (Å²) in [5.74, 6) is 5.92. The first-order valence-corrected chi connectivity index (χ1v) is 3.61. The lowest BCUT2D eigenvalue weighted by molar-refractivity contribution is 0.475. The Morgan fingerprint density at radius 3 is 3.09 bits per heavy atom. The fourth-order valence-corrected chi connectivity index (χ4v) is 1.39. The van der Waals surface area contributed by atoms with Crippen molar-refractivity contribution in [1.29, 1.82) is 0 Å². The van der Waals surface area contributed by atoms with Gasteiger partial charge in [-0.05, 0) is 18.1 Å². The number of hydrazine groups is 1. The van der Waals surface area contributed by atoms with Gasteiger partial charge in [-0.1, -0.05) is 6.07 Å². The summed E-state index contributed by atoms with van der Waals surface area (Å²) in [6.07, 6.45) is 0.978. The summed E-state index contributed by atoms with van der Waals surface area (Å²) in [5, 5.41) is 10.8. The van der Waals surface area contributed by atoms with E-state index in [1.165, 1.54) is 5.56 Å². The quantitative estimate of drug-likeness (QED) is 0.533. The molecule has 0 atom stereocenters. The van der Waals surface area contributed by atoms with Gasteiger partial charge in [0.25, 0.3) is 0 Å². The van der Waals surface area contributed by atoms with Crippen LogP contribution in [0.2, 0.25) is 0 Å². The van der Waals surface area contributed by atoms with Gasteiger partial charge in [-0.2, -0.15) is 0 Å². The van der Waals surface area contributed by atoms with E-state index < -0.39 is 0 Å². The lowest BCUT2D eigenvalue weighted by atomic mass is 10.2. The monoisotopic (exact) mass is 150 g/mol. The van der Waals surface area contributed by atoms with Crippen molar-refractivity contribution >= 4 is 5.69 Å². The van der Waals surface area contributed by atoms with E-state index in [0.717, 1.165) is 18.7 Å². The van der Waals surface area contributed by atoms with E-state index in [9.17, 15) is 0 Å². The zero-order chi connectivity index (χ0) is 7.84. The minimum atomic E-state index is 0.279. The van der Waals surface area contributed by atoms with Gasteiger partial charge in [0.15, 0.2) is 0 Å². The minimum Gasteiger partial charge on any atom is -0.508 e. The van der Waals surface area contributed by atoms with Crippen molar-refractivity contribution in [3.63, 3.8) is 0 Å². The predicted molar refractivity (Wildman–Crippen MR) is 43.3 cm³/mol. The highest BCUT2D eigenvalue weighted by Crippen LogP contribution is 2.28. The van der Waals surface area contributed by atoms with Gasteiger partial charge in [-0.15, -0.1) is 0 Å². The number of phenols is 1. The average molecular weight is 150 g/mol. The molecule has 0 saturated carbocycles. The molecule has 0 saturated heterocycles. The Kier molecular flexibility index (Phi) is 1.26. The molecule has 1 aromatic rings. The summed E-state index contributed by atoms with van der Waals surface area (Å²) in [6.45, 7) is 0.846. The summed E-state index contributed by atoms with van der Waals surface area (Å²) in [4.78, 5) is 0. The van der Waals surface area contributed by atoms with Gasteiger partial charge in [-0.25, -0.2) is 5.84 Å². The molecule has 1 aromatic carbocycles. The third-order valence-electron chi connectivity index (χ3n) is 2.00. The Balaban J connectivity index is 2.52. The van der Waals surface area contributed by atoms with Crippen molar-refractivity contribution in [2.75, 3.05) is 11.6 Å². The van der Waals surface area contributed by atoms with E-state index in [1.54, 1.807) is 17.1 Å². The fourth-order valence-electron chi connectivity index (χ4n) is 1.39. The van der Waals surface area contributed by atoms with Crippen LogP contribution in [0.4, 0.5) is 5.69 Å². The Hall–Kier alpha value is -1.22. The van der Waals surface area contributed by atoms with Crippen LogP contribution in [0.25, 0.3) is 0 Å². The second-order valence-corrected chi connectivity index (χ2v) is 2.76. The van der Waals surface area contributed by atoms with Crippen LogP contribution in [-0.2, 0) is 6.42 Å². The van der Waals surface area contributed by atoms with Crippen LogP contribution >= 0.6 is 0 Å². The zero-order valence-corrected chi connectivity index (χ0v) is 6.12. The molecule has 0 aliphatic carbocycles. The normalized spacial score (nSPS) is 15.2. The van der Waals surface area contributed by atoms with Crippen molar-refractivity contribution in [1.82, 2.24) is 0 Å². The molecule has 58 valence electrons. The summed E-state index contributed by atoms with van der Waals surface area (Å²) in [5.41, 5.74) is 2.16. The first kappa shape index (κ1) is 6.49. The molecule has 0 bridgehead atoms. The number of nitrogens with zero attached hydrogens (tertiary/aromatic N) is 1. The molecular formula is C8H10N2O. The average Bonchev–Trinajstić information content (AvgIpc) is 2.33. The Labute approximate surface area is 65.0 Å². The van der Waals surface area contributed by atoms with Gasteiger partial charge >= 0.3 is 0 Å². The van der Waals surface area contributed by atoms with Gasteiger partial charge < -0.3 is 10.1 Å². The van der Waals surface area contributed by atoms with Crippen LogP contribution in [0.1, 0.15) is 5.56 Å². The molecule has 0 amide bonds. The van der Waals surface area contributed by atoms with Crippen LogP contribution in [-0.4, -0.2) is 11.7 Å². The SMILES string of the molecule is NN1CCc2ccc(O)cc21. The standard InChI is InChI=1S/C8H10N2O/c9-10-4-3-6-1-2-7(11)5-8(6)10/h1-2,5,11H,3-4,9H2. The second-order valence-electron chi connectivity index (χ2n) is 2.76. The maximum Gasteiger partial charge on any atom is 0.117 e. The van der Waals surface area contributed by atoms with Crippen LogP contribution < -0.4 is 10.9 Å². The second kappa shape index (κ2) is 2.13. The summed E-state index contributed by atoms with van der Waals surface area (Å²) >= 11 is 0. The fraction of sp³-hybridized carbons (Fsp3) is 0.250. The molecule has 1 aliphatic rings. The number of fused-ring (bicyclic) bond motifs is 1. The van der Waals surface area contributed by atoms with E-state index in [1.807, 2.05) is 6.07 Å². The van der Waals surface area contributed by atoms with Crippen molar-refractivity contribution in [3.8, 4) is 5.75 Å². The zero-order valence-electron chi connectivity index (χ0n) is 6.12. The number of benzene rings is 1. The third-order valence-corrected chi connectivity index (χ3v) is 2.00.